The number of aryl methyl sites for hydroxylation is 1. The molecule has 3 aromatic carbocycles. The Morgan fingerprint density at radius 2 is 1.63 bits per heavy atom. The number of halogens is 1. The Labute approximate surface area is 152 Å². The Morgan fingerprint density at radius 1 is 0.963 bits per heavy atom. The van der Waals surface area contributed by atoms with Gasteiger partial charge in [0.1, 0.15) is 5.82 Å². The molecule has 0 radical (unpaired) electrons. The zero-order chi connectivity index (χ0) is 19.3. The van der Waals surface area contributed by atoms with E-state index in [2.05, 4.69) is 0 Å². The normalized spacial score (nSPS) is 12.4. The van der Waals surface area contributed by atoms with E-state index in [9.17, 15) is 24.2 Å². The highest BCUT2D eigenvalue weighted by atomic mass is 19.1. The molecule has 0 saturated heterocycles. The van der Waals surface area contributed by atoms with E-state index in [-0.39, 0.29) is 23.5 Å². The van der Waals surface area contributed by atoms with Gasteiger partial charge >= 0.3 is 11.9 Å². The number of rotatable bonds is 3. The molecule has 136 valence electrons. The quantitative estimate of drug-likeness (QED) is 0.724. The molecule has 0 bridgehead atoms. The molecule has 4 rings (SSSR count). The third kappa shape index (κ3) is 2.47. The van der Waals surface area contributed by atoms with Crippen molar-refractivity contribution in [2.75, 3.05) is 6.79 Å². The molecule has 0 saturated carbocycles. The zero-order valence-electron chi connectivity index (χ0n) is 14.1. The Balaban J connectivity index is 2.27. The number of benzene rings is 3. The van der Waals surface area contributed by atoms with Gasteiger partial charge in [0.15, 0.2) is 11.5 Å². The van der Waals surface area contributed by atoms with Gasteiger partial charge in [0.2, 0.25) is 6.79 Å². The van der Waals surface area contributed by atoms with Crippen molar-refractivity contribution in [3.05, 3.63) is 58.9 Å². The third-order valence-electron chi connectivity index (χ3n) is 4.63. The van der Waals surface area contributed by atoms with Crippen LogP contribution in [0.1, 0.15) is 26.3 Å². The lowest BCUT2D eigenvalue weighted by atomic mass is 9.85. The number of carboxylic acids is 2. The fraction of sp³-hybridized carbons (Fsp3) is 0.100. The van der Waals surface area contributed by atoms with E-state index >= 15 is 0 Å². The molecule has 6 nitrogen and oxygen atoms in total. The van der Waals surface area contributed by atoms with Crippen molar-refractivity contribution in [3.8, 4) is 22.6 Å². The van der Waals surface area contributed by atoms with E-state index in [1.807, 2.05) is 0 Å². The van der Waals surface area contributed by atoms with Crippen LogP contribution < -0.4 is 9.47 Å². The van der Waals surface area contributed by atoms with E-state index in [0.717, 1.165) is 0 Å². The summed E-state index contributed by atoms with van der Waals surface area (Å²) in [6, 6.07) is 8.52. The Hall–Kier alpha value is -3.61. The predicted molar refractivity (Wildman–Crippen MR) is 94.1 cm³/mol. The van der Waals surface area contributed by atoms with Crippen LogP contribution in [0.25, 0.3) is 21.9 Å². The smallest absolute Gasteiger partial charge is 0.337 e. The van der Waals surface area contributed by atoms with Crippen LogP contribution >= 0.6 is 0 Å². The number of fused-ring (bicyclic) bond motifs is 3. The summed E-state index contributed by atoms with van der Waals surface area (Å²) in [6.45, 7) is 1.52. The van der Waals surface area contributed by atoms with Crippen LogP contribution in [0.15, 0.2) is 36.4 Å². The summed E-state index contributed by atoms with van der Waals surface area (Å²) in [5.41, 5.74) is 0.142. The van der Waals surface area contributed by atoms with E-state index in [0.29, 0.717) is 33.4 Å². The standard InChI is InChI=1S/C20H13FO6/c1-9-12-6-7-13-18(27-8-26-13)16(12)15(10-2-4-11(21)5-3-10)17(20(24)25)14(9)19(22)23/h2-7H,8H2,1H3,(H,22,23)(H,24,25). The second kappa shape index (κ2) is 5.98. The molecule has 0 amide bonds. The largest absolute Gasteiger partial charge is 0.478 e. The van der Waals surface area contributed by atoms with Crippen molar-refractivity contribution in [3.63, 3.8) is 0 Å². The molecule has 0 atom stereocenters. The molecule has 1 aliphatic rings. The summed E-state index contributed by atoms with van der Waals surface area (Å²) in [7, 11) is 0. The van der Waals surface area contributed by atoms with E-state index < -0.39 is 17.8 Å². The van der Waals surface area contributed by atoms with Crippen LogP contribution in [0.3, 0.4) is 0 Å². The number of ether oxygens (including phenoxy) is 2. The Bertz CT molecular complexity index is 1120. The highest BCUT2D eigenvalue weighted by molar-refractivity contribution is 6.18. The van der Waals surface area contributed by atoms with Crippen LogP contribution in [0, 0.1) is 12.7 Å². The van der Waals surface area contributed by atoms with Gasteiger partial charge in [-0.15, -0.1) is 0 Å². The number of carboxylic acid groups (broad SMARTS) is 2. The molecule has 0 fully saturated rings. The summed E-state index contributed by atoms with van der Waals surface area (Å²) in [4.78, 5) is 24.0. The van der Waals surface area contributed by atoms with Crippen molar-refractivity contribution in [1.29, 1.82) is 0 Å². The van der Waals surface area contributed by atoms with Gasteiger partial charge < -0.3 is 19.7 Å². The lowest BCUT2D eigenvalue weighted by Gasteiger charge is -2.18. The van der Waals surface area contributed by atoms with Crippen molar-refractivity contribution < 1.29 is 33.7 Å². The number of aromatic carboxylic acids is 2. The fourth-order valence-electron chi connectivity index (χ4n) is 3.49. The van der Waals surface area contributed by atoms with Crippen LogP contribution in [-0.4, -0.2) is 28.9 Å². The molecular formula is C20H13FO6. The molecule has 1 aliphatic heterocycles. The monoisotopic (exact) mass is 368 g/mol. The molecular weight excluding hydrogens is 355 g/mol. The van der Waals surface area contributed by atoms with Gasteiger partial charge in [-0.1, -0.05) is 18.2 Å². The van der Waals surface area contributed by atoms with Gasteiger partial charge in [-0.3, -0.25) is 0 Å². The Morgan fingerprint density at radius 3 is 2.26 bits per heavy atom. The van der Waals surface area contributed by atoms with Crippen LogP contribution in [0.2, 0.25) is 0 Å². The average molecular weight is 368 g/mol. The summed E-state index contributed by atoms with van der Waals surface area (Å²) >= 11 is 0. The third-order valence-corrected chi connectivity index (χ3v) is 4.63. The van der Waals surface area contributed by atoms with Crippen molar-refractivity contribution >= 4 is 22.7 Å². The highest BCUT2D eigenvalue weighted by Gasteiger charge is 2.30. The van der Waals surface area contributed by atoms with Crippen LogP contribution in [0.5, 0.6) is 11.5 Å². The minimum Gasteiger partial charge on any atom is -0.478 e. The molecule has 7 heteroatoms. The molecule has 1 heterocycles. The second-order valence-electron chi connectivity index (χ2n) is 6.09. The predicted octanol–water partition coefficient (Wildman–Crippen LogP) is 4.08. The van der Waals surface area contributed by atoms with E-state index in [1.54, 1.807) is 19.1 Å². The van der Waals surface area contributed by atoms with Gasteiger partial charge in [0, 0.05) is 10.9 Å². The van der Waals surface area contributed by atoms with Crippen molar-refractivity contribution in [1.82, 2.24) is 0 Å². The lowest BCUT2D eigenvalue weighted by molar-refractivity contribution is 0.0651. The molecule has 0 aliphatic carbocycles. The van der Waals surface area contributed by atoms with Gasteiger partial charge in [-0.25, -0.2) is 14.0 Å². The Kier molecular flexibility index (Phi) is 3.73. The lowest BCUT2D eigenvalue weighted by Crippen LogP contribution is -2.13. The first-order valence-corrected chi connectivity index (χ1v) is 8.01. The number of carbonyl (C=O) groups is 2. The average Bonchev–Trinajstić information content (AvgIpc) is 3.10. The summed E-state index contributed by atoms with van der Waals surface area (Å²) in [6.07, 6.45) is 0. The summed E-state index contributed by atoms with van der Waals surface area (Å²) in [5.74, 6) is -2.46. The first-order valence-electron chi connectivity index (χ1n) is 8.01. The number of hydrogen-bond acceptors (Lipinski definition) is 4. The van der Waals surface area contributed by atoms with Crippen LogP contribution in [-0.2, 0) is 0 Å². The second-order valence-corrected chi connectivity index (χ2v) is 6.09. The SMILES string of the molecule is Cc1c(C(=O)O)c(C(=O)O)c(-c2ccc(F)cc2)c2c3c(ccc12)OCO3. The van der Waals surface area contributed by atoms with E-state index in [4.69, 9.17) is 9.47 Å². The molecule has 0 aromatic heterocycles. The number of hydrogen-bond donors (Lipinski definition) is 2. The maximum atomic E-state index is 13.4. The van der Waals surface area contributed by atoms with E-state index in [1.165, 1.54) is 24.3 Å². The molecule has 2 N–H and O–H groups in total. The van der Waals surface area contributed by atoms with Crippen molar-refractivity contribution in [2.45, 2.75) is 6.92 Å². The van der Waals surface area contributed by atoms with Gasteiger partial charge in [0.25, 0.3) is 0 Å². The zero-order valence-corrected chi connectivity index (χ0v) is 14.1. The first kappa shape index (κ1) is 16.8. The fourth-order valence-corrected chi connectivity index (χ4v) is 3.49. The molecule has 27 heavy (non-hydrogen) atoms. The minimum atomic E-state index is -1.40. The molecule has 0 unspecified atom stereocenters. The van der Waals surface area contributed by atoms with Crippen LogP contribution in [0.4, 0.5) is 4.39 Å². The van der Waals surface area contributed by atoms with Gasteiger partial charge in [-0.2, -0.15) is 0 Å². The highest BCUT2D eigenvalue weighted by Crippen LogP contribution is 2.47. The maximum absolute atomic E-state index is 13.4. The molecule has 0 spiro atoms. The van der Waals surface area contributed by atoms with Gasteiger partial charge in [-0.05, 0) is 41.6 Å². The summed E-state index contributed by atoms with van der Waals surface area (Å²) < 4.78 is 24.4. The molecule has 3 aromatic rings. The summed E-state index contributed by atoms with van der Waals surface area (Å²) in [5, 5.41) is 20.5. The van der Waals surface area contributed by atoms with Gasteiger partial charge in [0.05, 0.1) is 11.1 Å². The maximum Gasteiger partial charge on any atom is 0.337 e. The first-order chi connectivity index (χ1) is 12.9. The van der Waals surface area contributed by atoms with Crippen molar-refractivity contribution in [2.24, 2.45) is 0 Å². The topological polar surface area (TPSA) is 93.1 Å². The minimum absolute atomic E-state index is 0.0283.